The number of halogens is 2. The van der Waals surface area contributed by atoms with E-state index in [0.717, 1.165) is 9.26 Å². The largest absolute Gasteiger partial charge is 0.478 e. The van der Waals surface area contributed by atoms with Gasteiger partial charge in [-0.1, -0.05) is 12.1 Å². The SMILES string of the molecule is Br.O=C(O)c1ccc(C(=O)CNc2ccc(I)cc2)cc1. The van der Waals surface area contributed by atoms with E-state index >= 15 is 0 Å². The van der Waals surface area contributed by atoms with Crippen LogP contribution >= 0.6 is 39.6 Å². The highest BCUT2D eigenvalue weighted by molar-refractivity contribution is 14.1. The van der Waals surface area contributed by atoms with Crippen LogP contribution in [0, 0.1) is 3.57 Å². The molecule has 2 rings (SSSR count). The van der Waals surface area contributed by atoms with Gasteiger partial charge < -0.3 is 10.4 Å². The molecular formula is C15H13BrINO3. The molecule has 0 amide bonds. The Balaban J connectivity index is 0.00000220. The molecule has 0 fully saturated rings. The number of hydrogen-bond acceptors (Lipinski definition) is 3. The van der Waals surface area contributed by atoms with Gasteiger partial charge >= 0.3 is 5.97 Å². The lowest BCUT2D eigenvalue weighted by atomic mass is 10.1. The van der Waals surface area contributed by atoms with Gasteiger partial charge in [0.05, 0.1) is 12.1 Å². The minimum atomic E-state index is -0.999. The Bertz CT molecular complexity index is 626. The van der Waals surface area contributed by atoms with Crippen molar-refractivity contribution in [3.63, 3.8) is 0 Å². The van der Waals surface area contributed by atoms with Gasteiger partial charge in [-0.2, -0.15) is 0 Å². The fourth-order valence-electron chi connectivity index (χ4n) is 1.65. The van der Waals surface area contributed by atoms with E-state index in [2.05, 4.69) is 27.9 Å². The highest BCUT2D eigenvalue weighted by Crippen LogP contribution is 2.11. The van der Waals surface area contributed by atoms with Crippen molar-refractivity contribution >= 4 is 57.0 Å². The molecule has 0 aliphatic heterocycles. The molecule has 0 spiro atoms. The van der Waals surface area contributed by atoms with E-state index in [1.54, 1.807) is 0 Å². The molecule has 0 heterocycles. The first-order chi connectivity index (χ1) is 9.56. The first-order valence-corrected chi connectivity index (χ1v) is 7.00. The first-order valence-electron chi connectivity index (χ1n) is 5.92. The third-order valence-corrected chi connectivity index (χ3v) is 3.47. The normalized spacial score (nSPS) is 9.57. The number of ketones is 1. The van der Waals surface area contributed by atoms with Crippen molar-refractivity contribution in [2.24, 2.45) is 0 Å². The number of benzene rings is 2. The highest BCUT2D eigenvalue weighted by atomic mass is 127. The molecule has 0 saturated heterocycles. The summed E-state index contributed by atoms with van der Waals surface area (Å²) in [6.07, 6.45) is 0. The zero-order valence-corrected chi connectivity index (χ0v) is 14.7. The van der Waals surface area contributed by atoms with E-state index in [9.17, 15) is 9.59 Å². The fourth-order valence-corrected chi connectivity index (χ4v) is 2.01. The lowest BCUT2D eigenvalue weighted by molar-refractivity contribution is 0.0696. The van der Waals surface area contributed by atoms with Crippen LogP contribution in [-0.2, 0) is 0 Å². The Kier molecular flexibility index (Phi) is 6.83. The van der Waals surface area contributed by atoms with Gasteiger partial charge in [0.25, 0.3) is 0 Å². The highest BCUT2D eigenvalue weighted by Gasteiger charge is 2.07. The molecule has 110 valence electrons. The summed E-state index contributed by atoms with van der Waals surface area (Å²) in [5, 5.41) is 11.8. The summed E-state index contributed by atoms with van der Waals surface area (Å²) < 4.78 is 1.13. The average molecular weight is 462 g/mol. The van der Waals surface area contributed by atoms with Gasteiger partial charge in [-0.15, -0.1) is 17.0 Å². The summed E-state index contributed by atoms with van der Waals surface area (Å²) >= 11 is 2.21. The van der Waals surface area contributed by atoms with Crippen LogP contribution in [0.4, 0.5) is 5.69 Å². The second kappa shape index (κ2) is 8.14. The summed E-state index contributed by atoms with van der Waals surface area (Å²) in [6.45, 7) is 0.174. The number of rotatable bonds is 5. The number of aromatic carboxylic acids is 1. The smallest absolute Gasteiger partial charge is 0.335 e. The topological polar surface area (TPSA) is 66.4 Å². The summed E-state index contributed by atoms with van der Waals surface area (Å²) in [5.74, 6) is -1.08. The van der Waals surface area contributed by atoms with Gasteiger partial charge in [0.2, 0.25) is 0 Å². The van der Waals surface area contributed by atoms with Crippen LogP contribution in [0.1, 0.15) is 20.7 Å². The number of nitrogens with one attached hydrogen (secondary N) is 1. The standard InChI is InChI=1S/C15H12INO3.BrH/c16-12-5-7-13(8-6-12)17-9-14(18)10-1-3-11(4-2-10)15(19)20;/h1-8,17H,9H2,(H,19,20);1H. The van der Waals surface area contributed by atoms with Crippen molar-refractivity contribution in [2.45, 2.75) is 0 Å². The molecule has 0 aromatic heterocycles. The number of carboxylic acid groups (broad SMARTS) is 1. The second-order valence-corrected chi connectivity index (χ2v) is 5.41. The van der Waals surface area contributed by atoms with E-state index in [4.69, 9.17) is 5.11 Å². The van der Waals surface area contributed by atoms with Crippen molar-refractivity contribution in [3.8, 4) is 0 Å². The Morgan fingerprint density at radius 3 is 2.00 bits per heavy atom. The number of anilines is 1. The van der Waals surface area contributed by atoms with Gasteiger partial charge in [0.1, 0.15) is 0 Å². The average Bonchev–Trinajstić information content (AvgIpc) is 2.46. The molecule has 0 saturated carbocycles. The van der Waals surface area contributed by atoms with E-state index in [1.165, 1.54) is 24.3 Å². The zero-order valence-electron chi connectivity index (χ0n) is 10.9. The maximum Gasteiger partial charge on any atom is 0.335 e. The molecule has 0 bridgehead atoms. The van der Waals surface area contributed by atoms with Crippen molar-refractivity contribution in [1.82, 2.24) is 0 Å². The Morgan fingerprint density at radius 1 is 0.952 bits per heavy atom. The van der Waals surface area contributed by atoms with Crippen molar-refractivity contribution in [1.29, 1.82) is 0 Å². The molecule has 6 heteroatoms. The van der Waals surface area contributed by atoms with Gasteiger partial charge in [0, 0.05) is 14.8 Å². The van der Waals surface area contributed by atoms with Crippen LogP contribution in [0.2, 0.25) is 0 Å². The van der Waals surface area contributed by atoms with Crippen LogP contribution in [-0.4, -0.2) is 23.4 Å². The monoisotopic (exact) mass is 461 g/mol. The van der Waals surface area contributed by atoms with E-state index in [1.807, 2.05) is 24.3 Å². The molecule has 4 nitrogen and oxygen atoms in total. The van der Waals surface area contributed by atoms with Crippen LogP contribution in [0.25, 0.3) is 0 Å². The van der Waals surface area contributed by atoms with Gasteiger partial charge in [0.15, 0.2) is 5.78 Å². The number of hydrogen-bond donors (Lipinski definition) is 2. The van der Waals surface area contributed by atoms with Gasteiger partial charge in [-0.25, -0.2) is 4.79 Å². The van der Waals surface area contributed by atoms with Crippen molar-refractivity contribution in [2.75, 3.05) is 11.9 Å². The lowest BCUT2D eigenvalue weighted by Crippen LogP contribution is -2.14. The predicted molar refractivity (Wildman–Crippen MR) is 95.7 cm³/mol. The number of Topliss-reactive ketones (excluding diaryl/α,β-unsaturated/α-hetero) is 1. The number of carbonyl (C=O) groups excluding carboxylic acids is 1. The minimum Gasteiger partial charge on any atom is -0.478 e. The van der Waals surface area contributed by atoms with Crippen molar-refractivity contribution < 1.29 is 14.7 Å². The maximum atomic E-state index is 12.0. The zero-order chi connectivity index (χ0) is 14.5. The number of carboxylic acids is 1. The summed E-state index contributed by atoms with van der Waals surface area (Å²) in [6, 6.07) is 13.6. The Morgan fingerprint density at radius 2 is 1.48 bits per heavy atom. The van der Waals surface area contributed by atoms with E-state index in [-0.39, 0.29) is 34.9 Å². The van der Waals surface area contributed by atoms with Gasteiger partial charge in [-0.3, -0.25) is 4.79 Å². The summed E-state index contributed by atoms with van der Waals surface area (Å²) in [5.41, 5.74) is 1.54. The lowest BCUT2D eigenvalue weighted by Gasteiger charge is -2.06. The third kappa shape index (κ3) is 5.13. The van der Waals surface area contributed by atoms with Crippen molar-refractivity contribution in [3.05, 3.63) is 63.2 Å². The Hall–Kier alpha value is -1.41. The predicted octanol–water partition coefficient (Wildman–Crippen LogP) is 3.86. The van der Waals surface area contributed by atoms with E-state index in [0.29, 0.717) is 5.56 Å². The van der Waals surface area contributed by atoms with Crippen LogP contribution in [0.3, 0.4) is 0 Å². The fraction of sp³-hybridized carbons (Fsp3) is 0.0667. The molecule has 0 aliphatic carbocycles. The quantitative estimate of drug-likeness (QED) is 0.524. The molecule has 0 atom stereocenters. The van der Waals surface area contributed by atoms with Crippen LogP contribution in [0.5, 0.6) is 0 Å². The van der Waals surface area contributed by atoms with Crippen LogP contribution in [0.15, 0.2) is 48.5 Å². The maximum absolute atomic E-state index is 12.0. The molecule has 0 unspecified atom stereocenters. The molecule has 0 radical (unpaired) electrons. The van der Waals surface area contributed by atoms with Gasteiger partial charge in [-0.05, 0) is 59.0 Å². The van der Waals surface area contributed by atoms with E-state index < -0.39 is 5.97 Å². The summed E-state index contributed by atoms with van der Waals surface area (Å²) in [4.78, 5) is 22.7. The molecule has 2 aromatic carbocycles. The molecule has 2 N–H and O–H groups in total. The second-order valence-electron chi connectivity index (χ2n) is 4.17. The first kappa shape index (κ1) is 17.6. The Labute approximate surface area is 146 Å². The number of carbonyl (C=O) groups is 2. The molecule has 2 aromatic rings. The third-order valence-electron chi connectivity index (χ3n) is 2.75. The molecular weight excluding hydrogens is 449 g/mol. The minimum absolute atomic E-state index is 0. The molecule has 0 aliphatic rings. The van der Waals surface area contributed by atoms with Crippen LogP contribution < -0.4 is 5.32 Å². The molecule has 21 heavy (non-hydrogen) atoms. The summed E-state index contributed by atoms with van der Waals surface area (Å²) in [7, 11) is 0.